The minimum atomic E-state index is 0.0444. The van der Waals surface area contributed by atoms with Crippen LogP contribution in [0.4, 0.5) is 5.82 Å². The van der Waals surface area contributed by atoms with Crippen LogP contribution in [0.25, 0.3) is 10.2 Å². The molecule has 1 aliphatic carbocycles. The topological polar surface area (TPSA) is 50.3 Å². The van der Waals surface area contributed by atoms with Gasteiger partial charge in [0.1, 0.15) is 17.0 Å². The monoisotopic (exact) mass is 360 g/mol. The second-order valence-corrected chi connectivity index (χ2v) is 9.17. The summed E-state index contributed by atoms with van der Waals surface area (Å²) in [6.07, 6.45) is 5.90. The Labute approximate surface area is 153 Å². The molecule has 2 aliphatic rings. The van der Waals surface area contributed by atoms with Gasteiger partial charge >= 0.3 is 0 Å². The Morgan fingerprint density at radius 2 is 2.00 bits per heavy atom. The van der Waals surface area contributed by atoms with E-state index in [2.05, 4.69) is 47.9 Å². The third-order valence-corrected chi connectivity index (χ3v) is 6.67. The third kappa shape index (κ3) is 3.27. The number of nitrogens with zero attached hydrogens (tertiary/aromatic N) is 3. The van der Waals surface area contributed by atoms with Gasteiger partial charge in [0.05, 0.1) is 17.6 Å². The molecule has 136 valence electrons. The van der Waals surface area contributed by atoms with Gasteiger partial charge in [0.2, 0.25) is 0 Å². The fraction of sp³-hybridized carbons (Fsp3) is 0.684. The normalized spacial score (nSPS) is 24.6. The van der Waals surface area contributed by atoms with Crippen molar-refractivity contribution >= 4 is 27.4 Å². The number of nitrogens with one attached hydrogen (secondary N) is 1. The van der Waals surface area contributed by atoms with Crippen molar-refractivity contribution in [3.8, 4) is 0 Å². The maximum atomic E-state index is 5.89. The number of hydrogen-bond acceptors (Lipinski definition) is 6. The lowest BCUT2D eigenvalue weighted by molar-refractivity contribution is -0.0933. The van der Waals surface area contributed by atoms with E-state index < -0.39 is 0 Å². The van der Waals surface area contributed by atoms with Crippen LogP contribution in [0.1, 0.15) is 44.6 Å². The summed E-state index contributed by atoms with van der Waals surface area (Å²) in [6.45, 7) is 11.8. The molecule has 0 saturated carbocycles. The summed E-state index contributed by atoms with van der Waals surface area (Å²) in [6, 6.07) is 0. The van der Waals surface area contributed by atoms with Crippen LogP contribution in [0.15, 0.2) is 6.33 Å². The molecule has 4 rings (SSSR count). The van der Waals surface area contributed by atoms with E-state index in [4.69, 9.17) is 4.74 Å². The Morgan fingerprint density at radius 1 is 1.24 bits per heavy atom. The molecule has 2 atom stereocenters. The molecule has 5 nitrogen and oxygen atoms in total. The van der Waals surface area contributed by atoms with Crippen molar-refractivity contribution in [1.29, 1.82) is 0 Å². The lowest BCUT2D eigenvalue weighted by atomic mass is 10.00. The van der Waals surface area contributed by atoms with Gasteiger partial charge in [-0.1, -0.05) is 0 Å². The van der Waals surface area contributed by atoms with E-state index in [0.29, 0.717) is 0 Å². The second-order valence-electron chi connectivity index (χ2n) is 8.09. The molecule has 2 unspecified atom stereocenters. The number of aromatic nitrogens is 2. The van der Waals surface area contributed by atoms with E-state index >= 15 is 0 Å². The molecule has 0 amide bonds. The molecule has 2 aromatic rings. The van der Waals surface area contributed by atoms with Crippen molar-refractivity contribution in [2.45, 2.75) is 64.7 Å². The van der Waals surface area contributed by atoms with Gasteiger partial charge < -0.3 is 10.1 Å². The largest absolute Gasteiger partial charge is 0.373 e. The number of ether oxygens (including phenoxy) is 1. The van der Waals surface area contributed by atoms with Crippen molar-refractivity contribution in [3.05, 3.63) is 16.8 Å². The molecule has 25 heavy (non-hydrogen) atoms. The maximum Gasteiger partial charge on any atom is 0.138 e. The molecule has 0 aromatic carbocycles. The summed E-state index contributed by atoms with van der Waals surface area (Å²) in [7, 11) is 0. The predicted octanol–water partition coefficient (Wildman–Crippen LogP) is 3.48. The molecule has 0 bridgehead atoms. The minimum absolute atomic E-state index is 0.0444. The molecule has 3 heterocycles. The number of rotatable bonds is 4. The van der Waals surface area contributed by atoms with Crippen molar-refractivity contribution < 1.29 is 4.74 Å². The number of aryl methyl sites for hydroxylation is 2. The first kappa shape index (κ1) is 17.2. The molecule has 1 aliphatic heterocycles. The number of morpholine rings is 1. The van der Waals surface area contributed by atoms with Crippen LogP contribution in [0.5, 0.6) is 0 Å². The van der Waals surface area contributed by atoms with Gasteiger partial charge in [-0.3, -0.25) is 4.90 Å². The SMILES string of the molecule is CC1CN(C(C)(C)CNc2ncnc3sc4c(c23)CCC4)CC(C)O1. The van der Waals surface area contributed by atoms with Gasteiger partial charge in [-0.2, -0.15) is 0 Å². The molecule has 2 aromatic heterocycles. The quantitative estimate of drug-likeness (QED) is 0.905. The molecule has 0 radical (unpaired) electrons. The first-order valence-electron chi connectivity index (χ1n) is 9.33. The number of fused-ring (bicyclic) bond motifs is 3. The van der Waals surface area contributed by atoms with Crippen molar-refractivity contribution in [1.82, 2.24) is 14.9 Å². The van der Waals surface area contributed by atoms with Crippen LogP contribution in [-0.2, 0) is 17.6 Å². The van der Waals surface area contributed by atoms with Crippen molar-refractivity contribution in [2.75, 3.05) is 25.0 Å². The van der Waals surface area contributed by atoms with Crippen LogP contribution in [0.3, 0.4) is 0 Å². The number of hydrogen-bond donors (Lipinski definition) is 1. The Balaban J connectivity index is 1.54. The lowest BCUT2D eigenvalue weighted by Crippen LogP contribution is -2.57. The highest BCUT2D eigenvalue weighted by molar-refractivity contribution is 7.19. The first-order valence-corrected chi connectivity index (χ1v) is 10.2. The molecule has 1 fully saturated rings. The van der Waals surface area contributed by atoms with Gasteiger partial charge in [0, 0.05) is 30.1 Å². The van der Waals surface area contributed by atoms with Crippen LogP contribution < -0.4 is 5.32 Å². The average molecular weight is 361 g/mol. The summed E-state index contributed by atoms with van der Waals surface area (Å²) in [5, 5.41) is 4.91. The summed E-state index contributed by atoms with van der Waals surface area (Å²) >= 11 is 1.84. The predicted molar refractivity (Wildman–Crippen MR) is 104 cm³/mol. The van der Waals surface area contributed by atoms with E-state index in [1.807, 2.05) is 11.3 Å². The van der Waals surface area contributed by atoms with Gasteiger partial charge in [0.25, 0.3) is 0 Å². The highest BCUT2D eigenvalue weighted by Gasteiger charge is 2.33. The molecule has 1 N–H and O–H groups in total. The van der Waals surface area contributed by atoms with Crippen LogP contribution in [0.2, 0.25) is 0 Å². The summed E-state index contributed by atoms with van der Waals surface area (Å²) in [5.41, 5.74) is 1.53. The summed E-state index contributed by atoms with van der Waals surface area (Å²) in [5.74, 6) is 1.01. The van der Waals surface area contributed by atoms with Crippen LogP contribution in [-0.4, -0.2) is 52.2 Å². The Morgan fingerprint density at radius 3 is 2.76 bits per heavy atom. The molecular formula is C19H28N4OS. The lowest BCUT2D eigenvalue weighted by Gasteiger charge is -2.45. The van der Waals surface area contributed by atoms with E-state index in [-0.39, 0.29) is 17.7 Å². The zero-order valence-electron chi connectivity index (χ0n) is 15.6. The highest BCUT2D eigenvalue weighted by atomic mass is 32.1. The van der Waals surface area contributed by atoms with Gasteiger partial charge in [-0.05, 0) is 52.5 Å². The Bertz CT molecular complexity index is 762. The number of anilines is 1. The Kier molecular flexibility index (Phi) is 4.46. The zero-order valence-corrected chi connectivity index (χ0v) is 16.4. The standard InChI is InChI=1S/C19H28N4OS/c1-12-8-23(9-13(2)24-12)19(3,4)10-20-17-16-14-6-5-7-15(14)25-18(16)22-11-21-17/h11-13H,5-10H2,1-4H3,(H,20,21,22). The van der Waals surface area contributed by atoms with Gasteiger partial charge in [0.15, 0.2) is 0 Å². The van der Waals surface area contributed by atoms with E-state index in [1.165, 1.54) is 35.1 Å². The highest BCUT2D eigenvalue weighted by Crippen LogP contribution is 2.39. The maximum absolute atomic E-state index is 5.89. The van der Waals surface area contributed by atoms with E-state index in [9.17, 15) is 0 Å². The second kappa shape index (κ2) is 6.49. The van der Waals surface area contributed by atoms with Crippen LogP contribution >= 0.6 is 11.3 Å². The summed E-state index contributed by atoms with van der Waals surface area (Å²) in [4.78, 5) is 14.3. The summed E-state index contributed by atoms with van der Waals surface area (Å²) < 4.78 is 5.89. The van der Waals surface area contributed by atoms with E-state index in [0.717, 1.165) is 30.3 Å². The zero-order chi connectivity index (χ0) is 17.6. The van der Waals surface area contributed by atoms with Crippen molar-refractivity contribution in [3.63, 3.8) is 0 Å². The third-order valence-electron chi connectivity index (χ3n) is 5.47. The molecule has 1 saturated heterocycles. The minimum Gasteiger partial charge on any atom is -0.373 e. The van der Waals surface area contributed by atoms with E-state index in [1.54, 1.807) is 6.33 Å². The first-order chi connectivity index (χ1) is 11.9. The van der Waals surface area contributed by atoms with Crippen LogP contribution in [0, 0.1) is 0 Å². The molecule has 0 spiro atoms. The fourth-order valence-electron chi connectivity index (χ4n) is 4.15. The smallest absolute Gasteiger partial charge is 0.138 e. The Hall–Kier alpha value is -1.24. The molecular weight excluding hydrogens is 332 g/mol. The molecule has 6 heteroatoms. The van der Waals surface area contributed by atoms with Crippen molar-refractivity contribution in [2.24, 2.45) is 0 Å². The fourth-order valence-corrected chi connectivity index (χ4v) is 5.38. The number of thiophene rings is 1. The average Bonchev–Trinajstić information content (AvgIpc) is 3.12. The van der Waals surface area contributed by atoms with Gasteiger partial charge in [-0.25, -0.2) is 9.97 Å². The van der Waals surface area contributed by atoms with Gasteiger partial charge in [-0.15, -0.1) is 11.3 Å².